The zero-order chi connectivity index (χ0) is 14.4. The van der Waals surface area contributed by atoms with Gasteiger partial charge in [-0.1, -0.05) is 6.92 Å². The molecule has 0 bridgehead atoms. The van der Waals surface area contributed by atoms with Crippen molar-refractivity contribution < 1.29 is 4.79 Å². The fraction of sp³-hybridized carbons (Fsp3) is 0.333. The molecule has 1 amide bonds. The van der Waals surface area contributed by atoms with E-state index >= 15 is 0 Å². The molecule has 0 saturated carbocycles. The summed E-state index contributed by atoms with van der Waals surface area (Å²) in [6.45, 7) is 5.55. The van der Waals surface area contributed by atoms with Gasteiger partial charge in [0.2, 0.25) is 0 Å². The molecule has 4 nitrogen and oxygen atoms in total. The molecular formula is C15H19N3OS. The average molecular weight is 289 g/mol. The maximum atomic E-state index is 12.0. The highest BCUT2D eigenvalue weighted by Gasteiger charge is 2.07. The Balaban J connectivity index is 1.90. The number of aromatic nitrogens is 1. The molecule has 0 aliphatic heterocycles. The first-order chi connectivity index (χ1) is 9.70. The molecule has 0 radical (unpaired) electrons. The van der Waals surface area contributed by atoms with Crippen molar-refractivity contribution in [3.63, 3.8) is 0 Å². The Bertz CT molecular complexity index is 563. The normalized spacial score (nSPS) is 10.3. The van der Waals surface area contributed by atoms with E-state index < -0.39 is 0 Å². The van der Waals surface area contributed by atoms with Gasteiger partial charge >= 0.3 is 0 Å². The van der Waals surface area contributed by atoms with Crippen LogP contribution >= 0.6 is 11.3 Å². The molecule has 1 heterocycles. The number of hydrogen-bond acceptors (Lipinski definition) is 4. The van der Waals surface area contributed by atoms with Gasteiger partial charge in [0.15, 0.2) is 0 Å². The minimum Gasteiger partial charge on any atom is -0.385 e. The maximum absolute atomic E-state index is 12.0. The molecule has 1 aromatic carbocycles. The van der Waals surface area contributed by atoms with Crippen LogP contribution in [0.2, 0.25) is 0 Å². The van der Waals surface area contributed by atoms with Crippen molar-refractivity contribution in [3.8, 4) is 0 Å². The second kappa shape index (κ2) is 7.05. The van der Waals surface area contributed by atoms with E-state index in [-0.39, 0.29) is 5.91 Å². The summed E-state index contributed by atoms with van der Waals surface area (Å²) in [6, 6.07) is 7.55. The third-order valence-electron chi connectivity index (χ3n) is 2.98. The molecule has 2 N–H and O–H groups in total. The number of aryl methyl sites for hydroxylation is 1. The standard InChI is InChI=1S/C15H19N3OS/c1-3-8-16-13-6-4-12(5-7-13)15(19)17-9-14-11(2)18-10-20-14/h4-7,10,16H,3,8-9H2,1-2H3,(H,17,19). The number of anilines is 1. The molecule has 20 heavy (non-hydrogen) atoms. The molecule has 0 saturated heterocycles. The molecule has 5 heteroatoms. The summed E-state index contributed by atoms with van der Waals surface area (Å²) in [5.74, 6) is -0.0557. The highest BCUT2D eigenvalue weighted by Crippen LogP contribution is 2.13. The van der Waals surface area contributed by atoms with Crippen LogP contribution in [0.4, 0.5) is 5.69 Å². The summed E-state index contributed by atoms with van der Waals surface area (Å²) in [5, 5.41) is 6.20. The van der Waals surface area contributed by atoms with Crippen molar-refractivity contribution in [1.82, 2.24) is 10.3 Å². The maximum Gasteiger partial charge on any atom is 0.251 e. The van der Waals surface area contributed by atoms with Gasteiger partial charge in [0.25, 0.3) is 5.91 Å². The van der Waals surface area contributed by atoms with Gasteiger partial charge in [0.1, 0.15) is 0 Å². The molecule has 106 valence electrons. The second-order valence-corrected chi connectivity index (χ2v) is 5.49. The van der Waals surface area contributed by atoms with Gasteiger partial charge in [-0.25, -0.2) is 4.98 Å². The van der Waals surface area contributed by atoms with Gasteiger partial charge in [-0.15, -0.1) is 11.3 Å². The van der Waals surface area contributed by atoms with Crippen LogP contribution < -0.4 is 10.6 Å². The Labute approximate surface area is 123 Å². The van der Waals surface area contributed by atoms with E-state index in [1.54, 1.807) is 16.8 Å². The Hall–Kier alpha value is -1.88. The molecule has 0 fully saturated rings. The first kappa shape index (κ1) is 14.5. The van der Waals surface area contributed by atoms with Crippen molar-refractivity contribution in [1.29, 1.82) is 0 Å². The summed E-state index contributed by atoms with van der Waals surface area (Å²) in [4.78, 5) is 17.3. The minimum absolute atomic E-state index is 0.0557. The monoisotopic (exact) mass is 289 g/mol. The molecule has 1 aromatic heterocycles. The number of thiazole rings is 1. The lowest BCUT2D eigenvalue weighted by atomic mass is 10.2. The lowest BCUT2D eigenvalue weighted by Crippen LogP contribution is -2.22. The molecule has 0 aliphatic carbocycles. The number of carbonyl (C=O) groups is 1. The van der Waals surface area contributed by atoms with E-state index in [0.29, 0.717) is 12.1 Å². The molecular weight excluding hydrogens is 270 g/mol. The van der Waals surface area contributed by atoms with Crippen molar-refractivity contribution in [2.45, 2.75) is 26.8 Å². The number of nitrogens with zero attached hydrogens (tertiary/aromatic N) is 1. The fourth-order valence-electron chi connectivity index (χ4n) is 1.77. The quantitative estimate of drug-likeness (QED) is 0.858. The highest BCUT2D eigenvalue weighted by atomic mass is 32.1. The van der Waals surface area contributed by atoms with Crippen LogP contribution in [0.5, 0.6) is 0 Å². The summed E-state index contributed by atoms with van der Waals surface area (Å²) in [7, 11) is 0. The Morgan fingerprint density at radius 1 is 1.30 bits per heavy atom. The van der Waals surface area contributed by atoms with Gasteiger partial charge < -0.3 is 10.6 Å². The average Bonchev–Trinajstić information content (AvgIpc) is 2.88. The van der Waals surface area contributed by atoms with E-state index in [1.165, 1.54) is 0 Å². The summed E-state index contributed by atoms with van der Waals surface area (Å²) >= 11 is 1.56. The Kier molecular flexibility index (Phi) is 5.12. The van der Waals surface area contributed by atoms with Crippen LogP contribution in [0.25, 0.3) is 0 Å². The summed E-state index contributed by atoms with van der Waals surface area (Å²) in [6.07, 6.45) is 1.08. The lowest BCUT2D eigenvalue weighted by molar-refractivity contribution is 0.0951. The molecule has 0 unspecified atom stereocenters. The van der Waals surface area contributed by atoms with Crippen LogP contribution in [0.15, 0.2) is 29.8 Å². The van der Waals surface area contributed by atoms with E-state index in [2.05, 4.69) is 22.5 Å². The number of amides is 1. The fourth-order valence-corrected chi connectivity index (χ4v) is 2.48. The predicted molar refractivity (Wildman–Crippen MR) is 83.2 cm³/mol. The molecule has 0 spiro atoms. The van der Waals surface area contributed by atoms with Crippen molar-refractivity contribution >= 4 is 22.9 Å². The molecule has 0 aliphatic rings. The lowest BCUT2D eigenvalue weighted by Gasteiger charge is -2.07. The zero-order valence-corrected chi connectivity index (χ0v) is 12.6. The number of hydrogen-bond donors (Lipinski definition) is 2. The smallest absolute Gasteiger partial charge is 0.251 e. The number of benzene rings is 1. The van der Waals surface area contributed by atoms with E-state index in [4.69, 9.17) is 0 Å². The van der Waals surface area contributed by atoms with Crippen molar-refractivity contribution in [2.24, 2.45) is 0 Å². The van der Waals surface area contributed by atoms with Crippen LogP contribution in [-0.2, 0) is 6.54 Å². The van der Waals surface area contributed by atoms with E-state index in [1.807, 2.05) is 31.2 Å². The topological polar surface area (TPSA) is 54.0 Å². The van der Waals surface area contributed by atoms with Crippen LogP contribution in [0, 0.1) is 6.92 Å². The largest absolute Gasteiger partial charge is 0.385 e. The zero-order valence-electron chi connectivity index (χ0n) is 11.8. The Morgan fingerprint density at radius 3 is 2.65 bits per heavy atom. The Morgan fingerprint density at radius 2 is 2.05 bits per heavy atom. The van der Waals surface area contributed by atoms with Crippen LogP contribution in [0.3, 0.4) is 0 Å². The summed E-state index contributed by atoms with van der Waals surface area (Å²) in [5.41, 5.74) is 4.50. The van der Waals surface area contributed by atoms with Gasteiger partial charge in [0, 0.05) is 22.7 Å². The molecule has 2 aromatic rings. The number of carbonyl (C=O) groups excluding carboxylic acids is 1. The summed E-state index contributed by atoms with van der Waals surface area (Å²) < 4.78 is 0. The van der Waals surface area contributed by atoms with Gasteiger partial charge in [0.05, 0.1) is 17.7 Å². The predicted octanol–water partition coefficient (Wildman–Crippen LogP) is 3.20. The third-order valence-corrected chi connectivity index (χ3v) is 3.92. The van der Waals surface area contributed by atoms with Gasteiger partial charge in [-0.3, -0.25) is 4.79 Å². The number of nitrogens with one attached hydrogen (secondary N) is 2. The van der Waals surface area contributed by atoms with Gasteiger partial charge in [-0.2, -0.15) is 0 Å². The first-order valence-corrected chi connectivity index (χ1v) is 7.59. The van der Waals surface area contributed by atoms with Gasteiger partial charge in [-0.05, 0) is 37.6 Å². The second-order valence-electron chi connectivity index (χ2n) is 4.55. The number of rotatable bonds is 6. The SMILES string of the molecule is CCCNc1ccc(C(=O)NCc2scnc2C)cc1. The van der Waals surface area contributed by atoms with Crippen molar-refractivity contribution in [2.75, 3.05) is 11.9 Å². The van der Waals surface area contributed by atoms with Crippen LogP contribution in [-0.4, -0.2) is 17.4 Å². The minimum atomic E-state index is -0.0557. The van der Waals surface area contributed by atoms with E-state index in [9.17, 15) is 4.79 Å². The first-order valence-electron chi connectivity index (χ1n) is 6.71. The highest BCUT2D eigenvalue weighted by molar-refractivity contribution is 7.09. The molecule has 0 atom stereocenters. The van der Waals surface area contributed by atoms with Crippen molar-refractivity contribution in [3.05, 3.63) is 45.9 Å². The molecule has 2 rings (SSSR count). The van der Waals surface area contributed by atoms with Crippen LogP contribution in [0.1, 0.15) is 34.3 Å². The third kappa shape index (κ3) is 3.81. The van der Waals surface area contributed by atoms with E-state index in [0.717, 1.165) is 29.2 Å².